The first kappa shape index (κ1) is 27.9. The van der Waals surface area contributed by atoms with Crippen molar-refractivity contribution in [2.75, 3.05) is 32.8 Å². The predicted octanol–water partition coefficient (Wildman–Crippen LogP) is 6.01. The van der Waals surface area contributed by atoms with E-state index in [-0.39, 0.29) is 21.9 Å². The normalized spacial score (nSPS) is 16.4. The molecule has 0 spiro atoms. The van der Waals surface area contributed by atoms with Crippen molar-refractivity contribution in [3.8, 4) is 23.0 Å². The molecular weight excluding hydrogens is 522 g/mol. The van der Waals surface area contributed by atoms with E-state index in [1.165, 1.54) is 38.4 Å². The Balaban J connectivity index is 2.04. The van der Waals surface area contributed by atoms with Gasteiger partial charge in [0.15, 0.2) is 11.5 Å². The number of carbonyl (C=O) groups is 2. The van der Waals surface area contributed by atoms with Crippen molar-refractivity contribution in [3.05, 3.63) is 81.4 Å². The summed E-state index contributed by atoms with van der Waals surface area (Å²) in [5, 5.41) is 11.8. The zero-order valence-electron chi connectivity index (χ0n) is 22.6. The van der Waals surface area contributed by atoms with Crippen molar-refractivity contribution < 1.29 is 33.6 Å². The summed E-state index contributed by atoms with van der Waals surface area (Å²) in [5.41, 5.74) is 2.81. The average molecular weight is 552 g/mol. The van der Waals surface area contributed by atoms with Crippen LogP contribution in [0.25, 0.3) is 5.76 Å². The average Bonchev–Trinajstić information content (AvgIpc) is 3.19. The van der Waals surface area contributed by atoms with Crippen LogP contribution in [-0.2, 0) is 9.59 Å². The number of ketones is 1. The second-order valence-corrected chi connectivity index (χ2v) is 9.40. The van der Waals surface area contributed by atoms with Gasteiger partial charge in [-0.2, -0.15) is 0 Å². The molecule has 1 heterocycles. The van der Waals surface area contributed by atoms with Crippen LogP contribution in [0.4, 0.5) is 5.69 Å². The lowest BCUT2D eigenvalue weighted by Gasteiger charge is -2.28. The molecular formula is C30H30ClNO7. The van der Waals surface area contributed by atoms with Crippen molar-refractivity contribution in [3.63, 3.8) is 0 Å². The molecule has 1 saturated heterocycles. The van der Waals surface area contributed by atoms with Crippen LogP contribution in [0.3, 0.4) is 0 Å². The van der Waals surface area contributed by atoms with Crippen molar-refractivity contribution in [1.82, 2.24) is 0 Å². The lowest BCUT2D eigenvalue weighted by Crippen LogP contribution is -2.30. The monoisotopic (exact) mass is 551 g/mol. The molecule has 3 aromatic carbocycles. The standard InChI is InChI=1S/C30H30ClNO7/c1-7-39-25-13-18(10-11-22(25)36-4)27-26(28(33)19-14-20(31)24(38-6)15-23(19)37-5)29(34)30(35)32(27)21-12-16(2)8-9-17(21)3/h8-15,27,33H,7H2,1-6H3/b28-26+. The van der Waals surface area contributed by atoms with Crippen LogP contribution in [-0.4, -0.2) is 44.7 Å². The summed E-state index contributed by atoms with van der Waals surface area (Å²) in [5.74, 6) is -0.573. The molecule has 0 aromatic heterocycles. The highest BCUT2D eigenvalue weighted by Crippen LogP contribution is 2.46. The molecule has 3 aromatic rings. The number of benzene rings is 3. The number of ether oxygens (including phenoxy) is 4. The minimum atomic E-state index is -0.985. The van der Waals surface area contributed by atoms with E-state index < -0.39 is 23.5 Å². The van der Waals surface area contributed by atoms with Crippen molar-refractivity contribution in [2.24, 2.45) is 0 Å². The quantitative estimate of drug-likeness (QED) is 0.208. The Hall–Kier alpha value is -4.17. The number of hydrogen-bond acceptors (Lipinski definition) is 7. The van der Waals surface area contributed by atoms with Gasteiger partial charge < -0.3 is 24.1 Å². The Morgan fingerprint density at radius 1 is 0.897 bits per heavy atom. The molecule has 0 radical (unpaired) electrons. The first-order valence-electron chi connectivity index (χ1n) is 12.3. The summed E-state index contributed by atoms with van der Waals surface area (Å²) < 4.78 is 22.0. The van der Waals surface area contributed by atoms with Crippen LogP contribution in [0.1, 0.15) is 35.2 Å². The van der Waals surface area contributed by atoms with Gasteiger partial charge in [0.25, 0.3) is 11.7 Å². The van der Waals surface area contributed by atoms with Crippen molar-refractivity contribution in [1.29, 1.82) is 0 Å². The van der Waals surface area contributed by atoms with E-state index in [2.05, 4.69) is 0 Å². The van der Waals surface area contributed by atoms with Crippen LogP contribution >= 0.6 is 11.6 Å². The topological polar surface area (TPSA) is 94.5 Å². The van der Waals surface area contributed by atoms with Gasteiger partial charge in [-0.1, -0.05) is 29.8 Å². The Morgan fingerprint density at radius 2 is 1.59 bits per heavy atom. The SMILES string of the molecule is CCOc1cc(C2/C(=C(\O)c3cc(Cl)c(OC)cc3OC)C(=O)C(=O)N2c2cc(C)ccc2C)ccc1OC. The molecule has 39 heavy (non-hydrogen) atoms. The molecule has 0 bridgehead atoms. The number of aryl methyl sites for hydroxylation is 2. The molecule has 9 heteroatoms. The zero-order chi connectivity index (χ0) is 28.4. The molecule has 1 unspecified atom stereocenters. The van der Waals surface area contributed by atoms with Crippen LogP contribution in [0.5, 0.6) is 23.0 Å². The highest BCUT2D eigenvalue weighted by Gasteiger charge is 2.48. The van der Waals surface area contributed by atoms with Gasteiger partial charge in [-0.15, -0.1) is 0 Å². The number of hydrogen-bond donors (Lipinski definition) is 1. The molecule has 1 aliphatic heterocycles. The molecule has 204 valence electrons. The Kier molecular flexibility index (Phi) is 8.06. The fraction of sp³-hybridized carbons (Fsp3) is 0.267. The van der Waals surface area contributed by atoms with E-state index in [1.54, 1.807) is 18.2 Å². The first-order valence-corrected chi connectivity index (χ1v) is 12.6. The summed E-state index contributed by atoms with van der Waals surface area (Å²) in [6.45, 7) is 5.98. The maximum Gasteiger partial charge on any atom is 0.300 e. The lowest BCUT2D eigenvalue weighted by molar-refractivity contribution is -0.132. The molecule has 0 saturated carbocycles. The van der Waals surface area contributed by atoms with E-state index in [1.807, 2.05) is 39.0 Å². The highest BCUT2D eigenvalue weighted by molar-refractivity contribution is 6.52. The fourth-order valence-corrected chi connectivity index (χ4v) is 4.94. The smallest absolute Gasteiger partial charge is 0.300 e. The molecule has 8 nitrogen and oxygen atoms in total. The maximum absolute atomic E-state index is 13.7. The number of Topliss-reactive ketones (excluding diaryl/α,β-unsaturated/α-hetero) is 1. The van der Waals surface area contributed by atoms with Gasteiger partial charge in [0.1, 0.15) is 17.3 Å². The number of anilines is 1. The number of carbonyl (C=O) groups excluding carboxylic acids is 2. The van der Waals surface area contributed by atoms with Gasteiger partial charge in [-0.05, 0) is 61.7 Å². The Morgan fingerprint density at radius 3 is 2.23 bits per heavy atom. The molecule has 4 rings (SSSR count). The molecule has 1 fully saturated rings. The maximum atomic E-state index is 13.7. The molecule has 1 amide bonds. The molecule has 1 N–H and O–H groups in total. The van der Waals surface area contributed by atoms with E-state index >= 15 is 0 Å². The molecule has 1 atom stereocenters. The fourth-order valence-electron chi connectivity index (χ4n) is 4.70. The minimum Gasteiger partial charge on any atom is -0.507 e. The summed E-state index contributed by atoms with van der Waals surface area (Å²) in [4.78, 5) is 28.7. The molecule has 1 aliphatic rings. The van der Waals surface area contributed by atoms with Gasteiger partial charge in [0, 0.05) is 11.8 Å². The summed E-state index contributed by atoms with van der Waals surface area (Å²) in [6.07, 6.45) is 0. The van der Waals surface area contributed by atoms with Gasteiger partial charge in [-0.3, -0.25) is 14.5 Å². The van der Waals surface area contributed by atoms with Gasteiger partial charge >= 0.3 is 0 Å². The van der Waals surface area contributed by atoms with E-state index in [9.17, 15) is 14.7 Å². The number of aliphatic hydroxyl groups excluding tert-OH is 1. The molecule has 0 aliphatic carbocycles. The van der Waals surface area contributed by atoms with E-state index in [0.29, 0.717) is 35.1 Å². The Bertz CT molecular complexity index is 1480. The Labute approximate surface area is 232 Å². The van der Waals surface area contributed by atoms with Gasteiger partial charge in [0.05, 0.1) is 50.1 Å². The lowest BCUT2D eigenvalue weighted by atomic mass is 9.94. The van der Waals surface area contributed by atoms with Crippen LogP contribution in [0.2, 0.25) is 5.02 Å². The van der Waals surface area contributed by atoms with Gasteiger partial charge in [-0.25, -0.2) is 0 Å². The van der Waals surface area contributed by atoms with Crippen LogP contribution in [0.15, 0.2) is 54.1 Å². The zero-order valence-corrected chi connectivity index (χ0v) is 23.4. The second kappa shape index (κ2) is 11.3. The van der Waals surface area contributed by atoms with Crippen molar-refractivity contribution >= 4 is 34.7 Å². The summed E-state index contributed by atoms with van der Waals surface area (Å²) in [7, 11) is 4.40. The van der Waals surface area contributed by atoms with Gasteiger partial charge in [0.2, 0.25) is 0 Å². The third-order valence-corrected chi connectivity index (χ3v) is 6.90. The largest absolute Gasteiger partial charge is 0.507 e. The van der Waals surface area contributed by atoms with E-state index in [0.717, 1.165) is 11.1 Å². The third-order valence-electron chi connectivity index (χ3n) is 6.60. The number of rotatable bonds is 8. The second-order valence-electron chi connectivity index (χ2n) is 8.99. The minimum absolute atomic E-state index is 0.118. The number of nitrogens with zero attached hydrogens (tertiary/aromatic N) is 1. The van der Waals surface area contributed by atoms with Crippen molar-refractivity contribution in [2.45, 2.75) is 26.8 Å². The first-order chi connectivity index (χ1) is 18.7. The van der Waals surface area contributed by atoms with Crippen LogP contribution in [0, 0.1) is 13.8 Å². The van der Waals surface area contributed by atoms with Crippen LogP contribution < -0.4 is 23.8 Å². The summed E-state index contributed by atoms with van der Waals surface area (Å²) in [6, 6.07) is 12.8. The summed E-state index contributed by atoms with van der Waals surface area (Å²) >= 11 is 6.37. The number of halogens is 1. The predicted molar refractivity (Wildman–Crippen MR) is 149 cm³/mol. The third kappa shape index (κ3) is 5.00. The highest BCUT2D eigenvalue weighted by atomic mass is 35.5. The van der Waals surface area contributed by atoms with E-state index in [4.69, 9.17) is 30.5 Å². The number of methoxy groups -OCH3 is 3. The number of aliphatic hydroxyl groups is 1. The number of amides is 1.